The normalized spacial score (nSPS) is 10.4. The van der Waals surface area contributed by atoms with Crippen LogP contribution in [0.25, 0.3) is 10.4 Å². The molecule has 0 saturated carbocycles. The van der Waals surface area contributed by atoms with Gasteiger partial charge in [-0.15, -0.1) is 11.3 Å². The predicted octanol–water partition coefficient (Wildman–Crippen LogP) is 3.44. The van der Waals surface area contributed by atoms with Gasteiger partial charge in [-0.05, 0) is 18.6 Å². The van der Waals surface area contributed by atoms with Crippen molar-refractivity contribution in [2.24, 2.45) is 0 Å². The molecule has 0 bridgehead atoms. The van der Waals surface area contributed by atoms with Gasteiger partial charge in [-0.3, -0.25) is 0 Å². The Morgan fingerprint density at radius 2 is 2.00 bits per heavy atom. The van der Waals surface area contributed by atoms with Gasteiger partial charge in [-0.25, -0.2) is 4.39 Å². The van der Waals surface area contributed by atoms with Crippen LogP contribution >= 0.6 is 11.3 Å². The minimum atomic E-state index is -0.197. The van der Waals surface area contributed by atoms with E-state index in [-0.39, 0.29) is 5.82 Å². The molecule has 1 aromatic carbocycles. The average Bonchev–Trinajstić information content (AvgIpc) is 2.49. The summed E-state index contributed by atoms with van der Waals surface area (Å²) in [5.41, 5.74) is 8.04. The molecule has 3 heteroatoms. The lowest BCUT2D eigenvalue weighted by Gasteiger charge is -2.01. The van der Waals surface area contributed by atoms with Gasteiger partial charge in [0.05, 0.1) is 0 Å². The monoisotopic (exact) mass is 207 g/mol. The molecule has 0 aliphatic carbocycles. The number of hydrogen-bond donors (Lipinski definition) is 1. The van der Waals surface area contributed by atoms with Crippen molar-refractivity contribution in [1.29, 1.82) is 0 Å². The molecule has 1 heterocycles. The van der Waals surface area contributed by atoms with Crippen molar-refractivity contribution < 1.29 is 4.39 Å². The molecule has 0 spiro atoms. The van der Waals surface area contributed by atoms with Gasteiger partial charge in [0.2, 0.25) is 0 Å². The molecule has 0 amide bonds. The first-order valence-corrected chi connectivity index (χ1v) is 5.16. The van der Waals surface area contributed by atoms with Crippen LogP contribution in [-0.4, -0.2) is 0 Å². The fourth-order valence-electron chi connectivity index (χ4n) is 1.34. The lowest BCUT2D eigenvalue weighted by Crippen LogP contribution is -1.86. The van der Waals surface area contributed by atoms with E-state index in [9.17, 15) is 4.39 Å². The molecule has 0 aliphatic rings. The highest BCUT2D eigenvalue weighted by atomic mass is 32.1. The summed E-state index contributed by atoms with van der Waals surface area (Å²) < 4.78 is 13.4. The van der Waals surface area contributed by atoms with Crippen molar-refractivity contribution in [1.82, 2.24) is 0 Å². The maximum atomic E-state index is 13.4. The number of halogens is 1. The fourth-order valence-corrected chi connectivity index (χ4v) is 2.35. The molecule has 0 radical (unpaired) electrons. The van der Waals surface area contributed by atoms with Crippen LogP contribution in [0.2, 0.25) is 0 Å². The summed E-state index contributed by atoms with van der Waals surface area (Å²) in [6.45, 7) is 1.91. The lowest BCUT2D eigenvalue weighted by molar-refractivity contribution is 0.631. The Labute approximate surface area is 86.0 Å². The van der Waals surface area contributed by atoms with Crippen LogP contribution in [0.3, 0.4) is 0 Å². The molecule has 2 rings (SSSR count). The Morgan fingerprint density at radius 1 is 1.29 bits per heavy atom. The molecule has 2 N–H and O–H groups in total. The number of rotatable bonds is 1. The fraction of sp³-hybridized carbons (Fsp3) is 0.0909. The largest absolute Gasteiger partial charge is 0.398 e. The van der Waals surface area contributed by atoms with Gasteiger partial charge < -0.3 is 5.73 Å². The third kappa shape index (κ3) is 1.40. The van der Waals surface area contributed by atoms with Gasteiger partial charge in [0.25, 0.3) is 0 Å². The second kappa shape index (κ2) is 3.42. The van der Waals surface area contributed by atoms with Crippen LogP contribution in [0.4, 0.5) is 10.1 Å². The molecule has 72 valence electrons. The first kappa shape index (κ1) is 9.21. The SMILES string of the molecule is Cc1c(N)csc1-c1ccccc1F. The molecule has 0 unspecified atom stereocenters. The highest BCUT2D eigenvalue weighted by Gasteiger charge is 2.10. The summed E-state index contributed by atoms with van der Waals surface area (Å²) in [6, 6.07) is 6.75. The topological polar surface area (TPSA) is 26.0 Å². The number of anilines is 1. The zero-order chi connectivity index (χ0) is 10.1. The molecule has 1 aromatic heterocycles. The Hall–Kier alpha value is -1.35. The summed E-state index contributed by atoms with van der Waals surface area (Å²) in [7, 11) is 0. The number of nitrogens with two attached hydrogens (primary N) is 1. The van der Waals surface area contributed by atoms with Crippen molar-refractivity contribution >= 4 is 17.0 Å². The third-order valence-electron chi connectivity index (χ3n) is 2.20. The van der Waals surface area contributed by atoms with E-state index in [1.165, 1.54) is 17.4 Å². The Balaban J connectivity index is 2.60. The smallest absolute Gasteiger partial charge is 0.131 e. The molecule has 0 fully saturated rings. The van der Waals surface area contributed by atoms with Crippen LogP contribution in [0.5, 0.6) is 0 Å². The first-order valence-electron chi connectivity index (χ1n) is 4.28. The minimum Gasteiger partial charge on any atom is -0.398 e. The van der Waals surface area contributed by atoms with E-state index in [0.717, 1.165) is 16.1 Å². The van der Waals surface area contributed by atoms with Gasteiger partial charge in [-0.1, -0.05) is 18.2 Å². The predicted molar refractivity (Wildman–Crippen MR) is 58.9 cm³/mol. The van der Waals surface area contributed by atoms with Crippen LogP contribution in [-0.2, 0) is 0 Å². The summed E-state index contributed by atoms with van der Waals surface area (Å²) in [4.78, 5) is 0.917. The van der Waals surface area contributed by atoms with E-state index in [4.69, 9.17) is 5.73 Å². The van der Waals surface area contributed by atoms with E-state index < -0.39 is 0 Å². The van der Waals surface area contributed by atoms with E-state index in [0.29, 0.717) is 5.56 Å². The second-order valence-corrected chi connectivity index (χ2v) is 4.00. The van der Waals surface area contributed by atoms with Crippen molar-refractivity contribution in [3.05, 3.63) is 41.0 Å². The zero-order valence-corrected chi connectivity index (χ0v) is 8.57. The summed E-state index contributed by atoms with van der Waals surface area (Å²) in [5, 5.41) is 1.84. The highest BCUT2D eigenvalue weighted by molar-refractivity contribution is 7.14. The van der Waals surface area contributed by atoms with E-state index in [1.54, 1.807) is 12.1 Å². The van der Waals surface area contributed by atoms with Gasteiger partial charge in [0, 0.05) is 21.5 Å². The Kier molecular flexibility index (Phi) is 2.25. The molecular formula is C11H10FNS. The summed E-state index contributed by atoms with van der Waals surface area (Å²) in [5.74, 6) is -0.197. The quantitative estimate of drug-likeness (QED) is 0.761. The van der Waals surface area contributed by atoms with Crippen molar-refractivity contribution in [3.8, 4) is 10.4 Å². The molecule has 0 saturated heterocycles. The number of thiophene rings is 1. The van der Waals surface area contributed by atoms with Crippen molar-refractivity contribution in [2.45, 2.75) is 6.92 Å². The second-order valence-electron chi connectivity index (χ2n) is 3.13. The number of hydrogen-bond acceptors (Lipinski definition) is 2. The lowest BCUT2D eigenvalue weighted by atomic mass is 10.1. The average molecular weight is 207 g/mol. The van der Waals surface area contributed by atoms with Crippen LogP contribution in [0, 0.1) is 12.7 Å². The van der Waals surface area contributed by atoms with E-state index in [1.807, 2.05) is 18.4 Å². The molecule has 0 atom stereocenters. The van der Waals surface area contributed by atoms with Gasteiger partial charge in [0.1, 0.15) is 5.82 Å². The van der Waals surface area contributed by atoms with E-state index >= 15 is 0 Å². The molecule has 14 heavy (non-hydrogen) atoms. The van der Waals surface area contributed by atoms with E-state index in [2.05, 4.69) is 0 Å². The molecule has 0 aliphatic heterocycles. The van der Waals surface area contributed by atoms with Crippen LogP contribution < -0.4 is 5.73 Å². The highest BCUT2D eigenvalue weighted by Crippen LogP contribution is 2.34. The van der Waals surface area contributed by atoms with Crippen molar-refractivity contribution in [2.75, 3.05) is 5.73 Å². The molecule has 1 nitrogen and oxygen atoms in total. The first-order chi connectivity index (χ1) is 6.70. The van der Waals surface area contributed by atoms with Crippen LogP contribution in [0.15, 0.2) is 29.6 Å². The molecule has 2 aromatic rings. The van der Waals surface area contributed by atoms with Gasteiger partial charge >= 0.3 is 0 Å². The molecular weight excluding hydrogens is 197 g/mol. The number of benzene rings is 1. The minimum absolute atomic E-state index is 0.197. The van der Waals surface area contributed by atoms with Gasteiger partial charge in [-0.2, -0.15) is 0 Å². The zero-order valence-electron chi connectivity index (χ0n) is 7.75. The number of nitrogen functional groups attached to an aromatic ring is 1. The third-order valence-corrected chi connectivity index (χ3v) is 3.33. The van der Waals surface area contributed by atoms with Gasteiger partial charge in [0.15, 0.2) is 0 Å². The maximum absolute atomic E-state index is 13.4. The summed E-state index contributed by atoms with van der Waals surface area (Å²) in [6.07, 6.45) is 0. The standard InChI is InChI=1S/C11H10FNS/c1-7-10(13)6-14-11(7)8-4-2-3-5-9(8)12/h2-6H,13H2,1H3. The Morgan fingerprint density at radius 3 is 2.57 bits per heavy atom. The Bertz CT molecular complexity index is 462. The maximum Gasteiger partial charge on any atom is 0.131 e. The summed E-state index contributed by atoms with van der Waals surface area (Å²) >= 11 is 1.48. The van der Waals surface area contributed by atoms with Crippen molar-refractivity contribution in [3.63, 3.8) is 0 Å². The van der Waals surface area contributed by atoms with Crippen LogP contribution in [0.1, 0.15) is 5.56 Å².